The van der Waals surface area contributed by atoms with E-state index in [-0.39, 0.29) is 17.4 Å². The number of halogens is 1. The van der Waals surface area contributed by atoms with E-state index in [4.69, 9.17) is 16.3 Å². The normalized spacial score (nSPS) is 15.0. The second-order valence-corrected chi connectivity index (χ2v) is 7.57. The number of phenolic OH excluding ortho intramolecular Hbond substituents is 1. The number of benzene rings is 2. The van der Waals surface area contributed by atoms with E-state index < -0.39 is 0 Å². The fourth-order valence-corrected chi connectivity index (χ4v) is 3.66. The molecule has 1 fully saturated rings. The minimum absolute atomic E-state index is 0.110. The van der Waals surface area contributed by atoms with Gasteiger partial charge in [0.25, 0.3) is 5.91 Å². The number of morpholine rings is 1. The Labute approximate surface area is 173 Å². The number of rotatable bonds is 5. The first kappa shape index (κ1) is 19.7. The molecule has 0 atom stereocenters. The molecule has 1 amide bonds. The van der Waals surface area contributed by atoms with Crippen molar-refractivity contribution in [2.24, 2.45) is 7.05 Å². The summed E-state index contributed by atoms with van der Waals surface area (Å²) < 4.78 is 7.00. The van der Waals surface area contributed by atoms with Gasteiger partial charge in [-0.2, -0.15) is 5.10 Å². The number of aromatic nitrogens is 2. The number of fused-ring (bicyclic) bond motifs is 1. The summed E-state index contributed by atoms with van der Waals surface area (Å²) in [5.74, 6) is -0.219. The molecular weight excluding hydrogens is 392 g/mol. The van der Waals surface area contributed by atoms with E-state index in [0.29, 0.717) is 42.2 Å². The fourth-order valence-electron chi connectivity index (χ4n) is 3.54. The zero-order chi connectivity index (χ0) is 20.4. The van der Waals surface area contributed by atoms with Crippen LogP contribution in [0.25, 0.3) is 10.9 Å². The number of amides is 1. The van der Waals surface area contributed by atoms with Crippen LogP contribution in [0.1, 0.15) is 21.6 Å². The first-order valence-electron chi connectivity index (χ1n) is 9.53. The smallest absolute Gasteiger partial charge is 0.272 e. The van der Waals surface area contributed by atoms with E-state index in [1.165, 1.54) is 0 Å². The second-order valence-electron chi connectivity index (χ2n) is 7.14. The molecular formula is C21H23ClN4O3. The Morgan fingerprint density at radius 1 is 1.21 bits per heavy atom. The minimum atomic E-state index is -0.329. The van der Waals surface area contributed by atoms with Gasteiger partial charge < -0.3 is 15.2 Å². The average Bonchev–Trinajstić information content (AvgIpc) is 3.07. The molecule has 0 saturated carbocycles. The van der Waals surface area contributed by atoms with Crippen molar-refractivity contribution in [3.8, 4) is 5.75 Å². The molecule has 2 aromatic carbocycles. The van der Waals surface area contributed by atoms with Crippen LogP contribution in [0, 0.1) is 0 Å². The van der Waals surface area contributed by atoms with E-state index in [2.05, 4.69) is 15.3 Å². The van der Waals surface area contributed by atoms with E-state index in [0.717, 1.165) is 24.2 Å². The van der Waals surface area contributed by atoms with Gasteiger partial charge in [-0.3, -0.25) is 14.4 Å². The molecule has 0 radical (unpaired) electrons. The van der Waals surface area contributed by atoms with Crippen LogP contribution in [0.5, 0.6) is 5.75 Å². The van der Waals surface area contributed by atoms with Gasteiger partial charge in [-0.15, -0.1) is 0 Å². The van der Waals surface area contributed by atoms with Crippen LogP contribution in [0.15, 0.2) is 36.4 Å². The van der Waals surface area contributed by atoms with Crippen LogP contribution in [-0.2, 0) is 24.9 Å². The van der Waals surface area contributed by atoms with Crippen molar-refractivity contribution in [1.82, 2.24) is 20.0 Å². The lowest BCUT2D eigenvalue weighted by molar-refractivity contribution is 0.0339. The van der Waals surface area contributed by atoms with Crippen LogP contribution in [0.2, 0.25) is 5.02 Å². The van der Waals surface area contributed by atoms with Crippen molar-refractivity contribution in [2.75, 3.05) is 26.3 Å². The number of ether oxygens (including phenoxy) is 1. The molecule has 0 bridgehead atoms. The number of carbonyl (C=O) groups excluding carboxylic acids is 1. The number of nitrogens with zero attached hydrogens (tertiary/aromatic N) is 3. The van der Waals surface area contributed by atoms with Crippen LogP contribution >= 0.6 is 11.6 Å². The summed E-state index contributed by atoms with van der Waals surface area (Å²) in [4.78, 5) is 15.0. The molecule has 3 aromatic rings. The van der Waals surface area contributed by atoms with Crippen molar-refractivity contribution >= 4 is 28.4 Å². The Morgan fingerprint density at radius 3 is 2.66 bits per heavy atom. The van der Waals surface area contributed by atoms with Crippen LogP contribution in [0.4, 0.5) is 0 Å². The summed E-state index contributed by atoms with van der Waals surface area (Å²) in [7, 11) is 1.76. The molecule has 8 heteroatoms. The van der Waals surface area contributed by atoms with Gasteiger partial charge in [0.1, 0.15) is 5.75 Å². The monoisotopic (exact) mass is 414 g/mol. The Kier molecular flexibility index (Phi) is 5.71. The highest BCUT2D eigenvalue weighted by molar-refractivity contribution is 6.30. The molecule has 1 saturated heterocycles. The van der Waals surface area contributed by atoms with Gasteiger partial charge in [0.2, 0.25) is 0 Å². The number of nitrogens with one attached hydrogen (secondary N) is 1. The van der Waals surface area contributed by atoms with Crippen molar-refractivity contribution in [1.29, 1.82) is 0 Å². The lowest BCUT2D eigenvalue weighted by Gasteiger charge is -2.26. The summed E-state index contributed by atoms with van der Waals surface area (Å²) in [6.07, 6.45) is 0. The maximum Gasteiger partial charge on any atom is 0.272 e. The molecule has 0 aliphatic carbocycles. The van der Waals surface area contributed by atoms with E-state index >= 15 is 0 Å². The van der Waals surface area contributed by atoms with Gasteiger partial charge in [0, 0.05) is 43.8 Å². The first-order valence-corrected chi connectivity index (χ1v) is 9.91. The van der Waals surface area contributed by atoms with E-state index in [1.54, 1.807) is 23.9 Å². The third-order valence-corrected chi connectivity index (χ3v) is 5.41. The third-order valence-electron chi connectivity index (χ3n) is 5.15. The molecule has 0 unspecified atom stereocenters. The zero-order valence-electron chi connectivity index (χ0n) is 16.2. The molecule has 0 spiro atoms. The highest BCUT2D eigenvalue weighted by atomic mass is 35.5. The SMILES string of the molecule is Cn1nc(C(=O)NCc2ccc(Cl)cc2)c2c(O)c(CN3CCOCC3)ccc21. The van der Waals surface area contributed by atoms with Crippen LogP contribution in [-0.4, -0.2) is 52.0 Å². The average molecular weight is 415 g/mol. The van der Waals surface area contributed by atoms with Gasteiger partial charge in [-0.1, -0.05) is 29.8 Å². The standard InChI is InChI=1S/C21H23ClN4O3/c1-25-17-7-4-15(13-26-8-10-29-11-9-26)20(27)18(17)19(24-25)21(28)23-12-14-2-5-16(22)6-3-14/h2-7,27H,8-13H2,1H3,(H,23,28). The van der Waals surface area contributed by atoms with Crippen molar-refractivity contribution in [3.05, 3.63) is 58.2 Å². The largest absolute Gasteiger partial charge is 0.507 e. The van der Waals surface area contributed by atoms with Gasteiger partial charge in [0.05, 0.1) is 24.1 Å². The Morgan fingerprint density at radius 2 is 1.93 bits per heavy atom. The Bertz CT molecular complexity index is 1030. The van der Waals surface area contributed by atoms with E-state index in [1.807, 2.05) is 24.3 Å². The lowest BCUT2D eigenvalue weighted by atomic mass is 10.1. The number of carbonyl (C=O) groups is 1. The molecule has 1 aromatic heterocycles. The number of phenols is 1. The fraction of sp³-hybridized carbons (Fsp3) is 0.333. The predicted molar refractivity (Wildman–Crippen MR) is 111 cm³/mol. The molecule has 2 heterocycles. The summed E-state index contributed by atoms with van der Waals surface area (Å²) in [6.45, 7) is 3.97. The zero-order valence-corrected chi connectivity index (χ0v) is 16.9. The van der Waals surface area contributed by atoms with Crippen molar-refractivity contribution in [2.45, 2.75) is 13.1 Å². The van der Waals surface area contributed by atoms with Crippen LogP contribution < -0.4 is 5.32 Å². The summed E-state index contributed by atoms with van der Waals surface area (Å²) >= 11 is 5.90. The van der Waals surface area contributed by atoms with Gasteiger partial charge in [-0.25, -0.2) is 0 Å². The first-order chi connectivity index (χ1) is 14.0. The summed E-state index contributed by atoms with van der Waals surface area (Å²) in [6, 6.07) is 11.1. The summed E-state index contributed by atoms with van der Waals surface area (Å²) in [5.41, 5.74) is 2.64. The van der Waals surface area contributed by atoms with Crippen LogP contribution in [0.3, 0.4) is 0 Å². The topological polar surface area (TPSA) is 79.6 Å². The maximum absolute atomic E-state index is 12.8. The highest BCUT2D eigenvalue weighted by Gasteiger charge is 2.22. The number of aromatic hydroxyl groups is 1. The van der Waals surface area contributed by atoms with Crippen molar-refractivity contribution in [3.63, 3.8) is 0 Å². The number of hydrogen-bond donors (Lipinski definition) is 2. The van der Waals surface area contributed by atoms with Gasteiger partial charge >= 0.3 is 0 Å². The minimum Gasteiger partial charge on any atom is -0.507 e. The third kappa shape index (κ3) is 4.22. The van der Waals surface area contributed by atoms with Gasteiger partial charge in [0.15, 0.2) is 5.69 Å². The predicted octanol–water partition coefficient (Wildman–Crippen LogP) is 2.69. The highest BCUT2D eigenvalue weighted by Crippen LogP contribution is 2.32. The molecule has 1 aliphatic rings. The summed E-state index contributed by atoms with van der Waals surface area (Å²) in [5, 5.41) is 19.3. The van der Waals surface area contributed by atoms with E-state index in [9.17, 15) is 9.90 Å². The molecule has 152 valence electrons. The maximum atomic E-state index is 12.8. The second kappa shape index (κ2) is 8.41. The molecule has 4 rings (SSSR count). The van der Waals surface area contributed by atoms with Gasteiger partial charge in [-0.05, 0) is 23.8 Å². The Hall–Kier alpha value is -2.61. The van der Waals surface area contributed by atoms with Crippen molar-refractivity contribution < 1.29 is 14.6 Å². The lowest BCUT2D eigenvalue weighted by Crippen LogP contribution is -2.35. The molecule has 1 aliphatic heterocycles. The number of aryl methyl sites for hydroxylation is 1. The Balaban J connectivity index is 1.58. The quantitative estimate of drug-likeness (QED) is 0.671. The molecule has 29 heavy (non-hydrogen) atoms. The number of hydrogen-bond acceptors (Lipinski definition) is 5. The molecule has 7 nitrogen and oxygen atoms in total. The molecule has 2 N–H and O–H groups in total.